The van der Waals surface area contributed by atoms with Gasteiger partial charge < -0.3 is 4.42 Å². The Hall–Kier alpha value is -8.26. The first kappa shape index (κ1) is 37.1. The second-order valence-corrected chi connectivity index (χ2v) is 18.7. The highest BCUT2D eigenvalue weighted by molar-refractivity contribution is 6.23. The van der Waals surface area contributed by atoms with E-state index in [0.717, 1.165) is 21.9 Å². The first-order valence-electron chi connectivity index (χ1n) is 23.1. The van der Waals surface area contributed by atoms with Crippen molar-refractivity contribution in [3.63, 3.8) is 0 Å². The SMILES string of the molecule is CC1(C)c2ccc(-c3ccc4oc5ccc(-c6c7ccccc7c(-c7ccc(-c8ccc9ccccc9c8)cc7)c7ccccc67)cc5c4c3)cc2-c2c1c1ccccc1c1ccccc21. The monoisotopic (exact) mass is 838 g/mol. The summed E-state index contributed by atoms with van der Waals surface area (Å²) in [4.78, 5) is 0. The molecule has 1 aliphatic carbocycles. The molecule has 14 rings (SSSR count). The number of fused-ring (bicyclic) bond motifs is 14. The van der Waals surface area contributed by atoms with E-state index in [4.69, 9.17) is 4.42 Å². The van der Waals surface area contributed by atoms with E-state index in [9.17, 15) is 0 Å². The summed E-state index contributed by atoms with van der Waals surface area (Å²) in [6, 6.07) is 80.8. The fraction of sp³-hybridized carbons (Fsp3) is 0.0462. The van der Waals surface area contributed by atoms with E-state index in [0.29, 0.717) is 0 Å². The average Bonchev–Trinajstić information content (AvgIpc) is 3.86. The Morgan fingerprint density at radius 1 is 0.288 bits per heavy atom. The lowest BCUT2D eigenvalue weighted by atomic mass is 9.79. The molecule has 1 nitrogen and oxygen atoms in total. The molecule has 0 amide bonds. The maximum atomic E-state index is 6.59. The molecule has 0 aliphatic heterocycles. The standard InChI is InChI=1S/C65H42O/c1-65(2)58-32-29-44(37-57(58)63-49-17-7-5-15-47(49)48-16-6-12-22-54(48)64(63)65)45-30-33-59-55(36-45)56-38-46(31-34-60(56)66-59)62-52-20-10-8-18-50(52)61(51-19-9-11-21-53(51)62)41-26-23-40(24-27-41)43-28-25-39-13-3-4-14-42(39)35-43/h3-38H,1-2H3. The molecule has 0 bridgehead atoms. The van der Waals surface area contributed by atoms with Gasteiger partial charge in [0.25, 0.3) is 0 Å². The van der Waals surface area contributed by atoms with Gasteiger partial charge in [-0.1, -0.05) is 196 Å². The molecule has 0 spiro atoms. The molecular formula is C65H42O. The molecule has 0 atom stereocenters. The van der Waals surface area contributed by atoms with Gasteiger partial charge in [-0.2, -0.15) is 0 Å². The third-order valence-electron chi connectivity index (χ3n) is 14.8. The summed E-state index contributed by atoms with van der Waals surface area (Å²) in [5, 5.41) is 15.0. The smallest absolute Gasteiger partial charge is 0.135 e. The molecule has 0 radical (unpaired) electrons. The summed E-state index contributed by atoms with van der Waals surface area (Å²) in [6.45, 7) is 4.79. The number of hydrogen-bond acceptors (Lipinski definition) is 1. The first-order chi connectivity index (χ1) is 32.5. The zero-order valence-corrected chi connectivity index (χ0v) is 36.7. The molecule has 0 N–H and O–H groups in total. The van der Waals surface area contributed by atoms with E-state index in [-0.39, 0.29) is 5.41 Å². The number of rotatable bonds is 4. The topological polar surface area (TPSA) is 13.1 Å². The summed E-state index contributed by atoms with van der Waals surface area (Å²) in [6.07, 6.45) is 0. The van der Waals surface area contributed by atoms with Gasteiger partial charge >= 0.3 is 0 Å². The van der Waals surface area contributed by atoms with Crippen LogP contribution in [0.15, 0.2) is 223 Å². The van der Waals surface area contributed by atoms with Crippen LogP contribution in [0.5, 0.6) is 0 Å². The van der Waals surface area contributed by atoms with E-state index in [1.54, 1.807) is 0 Å². The fourth-order valence-corrected chi connectivity index (χ4v) is 11.7. The third kappa shape index (κ3) is 5.35. The van der Waals surface area contributed by atoms with Crippen LogP contribution in [0, 0.1) is 0 Å². The highest BCUT2D eigenvalue weighted by Crippen LogP contribution is 2.55. The molecule has 66 heavy (non-hydrogen) atoms. The zero-order valence-electron chi connectivity index (χ0n) is 36.7. The number of benzene rings is 12. The molecule has 0 saturated carbocycles. The number of furan rings is 1. The predicted molar refractivity (Wildman–Crippen MR) is 281 cm³/mol. The third-order valence-corrected chi connectivity index (χ3v) is 14.8. The van der Waals surface area contributed by atoms with E-state index >= 15 is 0 Å². The quantitative estimate of drug-likeness (QED) is 0.127. The minimum atomic E-state index is -0.135. The van der Waals surface area contributed by atoms with Crippen molar-refractivity contribution in [2.45, 2.75) is 19.3 Å². The molecule has 308 valence electrons. The first-order valence-corrected chi connectivity index (χ1v) is 23.1. The van der Waals surface area contributed by atoms with Crippen LogP contribution in [0.25, 0.3) is 131 Å². The Morgan fingerprint density at radius 2 is 0.712 bits per heavy atom. The molecule has 1 heterocycles. The summed E-state index contributed by atoms with van der Waals surface area (Å²) < 4.78 is 6.59. The van der Waals surface area contributed by atoms with E-state index in [2.05, 4.69) is 232 Å². The van der Waals surface area contributed by atoms with Gasteiger partial charge in [-0.15, -0.1) is 0 Å². The van der Waals surface area contributed by atoms with Crippen molar-refractivity contribution in [1.82, 2.24) is 0 Å². The normalized spacial score (nSPS) is 13.1. The van der Waals surface area contributed by atoms with Crippen molar-refractivity contribution in [3.05, 3.63) is 230 Å². The number of hydrogen-bond donors (Lipinski definition) is 0. The van der Waals surface area contributed by atoms with Crippen LogP contribution in [0.4, 0.5) is 0 Å². The van der Waals surface area contributed by atoms with Gasteiger partial charge in [0.1, 0.15) is 11.2 Å². The summed E-state index contributed by atoms with van der Waals surface area (Å²) >= 11 is 0. The Labute approximate surface area is 382 Å². The summed E-state index contributed by atoms with van der Waals surface area (Å²) in [5.41, 5.74) is 16.9. The maximum absolute atomic E-state index is 6.59. The van der Waals surface area contributed by atoms with Crippen LogP contribution in [0.3, 0.4) is 0 Å². The Bertz CT molecular complexity index is 4120. The molecular weight excluding hydrogens is 797 g/mol. The highest BCUT2D eigenvalue weighted by atomic mass is 16.3. The zero-order chi connectivity index (χ0) is 43.7. The van der Waals surface area contributed by atoms with Gasteiger partial charge in [0.2, 0.25) is 0 Å². The van der Waals surface area contributed by atoms with Crippen LogP contribution in [-0.2, 0) is 5.41 Å². The minimum Gasteiger partial charge on any atom is -0.456 e. The molecule has 1 aromatic heterocycles. The lowest BCUT2D eigenvalue weighted by Crippen LogP contribution is -2.15. The van der Waals surface area contributed by atoms with Gasteiger partial charge in [0.05, 0.1) is 0 Å². The Balaban J connectivity index is 0.903. The summed E-state index contributed by atoms with van der Waals surface area (Å²) in [5.74, 6) is 0. The van der Waals surface area contributed by atoms with Crippen LogP contribution < -0.4 is 0 Å². The van der Waals surface area contributed by atoms with E-state index in [1.807, 2.05) is 0 Å². The molecule has 12 aromatic carbocycles. The lowest BCUT2D eigenvalue weighted by Gasteiger charge is -2.24. The van der Waals surface area contributed by atoms with Gasteiger partial charge in [-0.25, -0.2) is 0 Å². The van der Waals surface area contributed by atoms with Crippen molar-refractivity contribution in [3.8, 4) is 55.6 Å². The van der Waals surface area contributed by atoms with Crippen LogP contribution in [0.2, 0.25) is 0 Å². The molecule has 0 saturated heterocycles. The maximum Gasteiger partial charge on any atom is 0.135 e. The molecule has 1 aliphatic rings. The van der Waals surface area contributed by atoms with Gasteiger partial charge in [0.15, 0.2) is 0 Å². The Morgan fingerprint density at radius 3 is 1.36 bits per heavy atom. The van der Waals surface area contributed by atoms with E-state index in [1.165, 1.54) is 121 Å². The molecule has 0 unspecified atom stereocenters. The van der Waals surface area contributed by atoms with Crippen molar-refractivity contribution >= 4 is 75.8 Å². The van der Waals surface area contributed by atoms with Crippen molar-refractivity contribution in [2.75, 3.05) is 0 Å². The Kier molecular flexibility index (Phi) is 7.81. The van der Waals surface area contributed by atoms with Gasteiger partial charge in [-0.3, -0.25) is 0 Å². The molecule has 0 fully saturated rings. The van der Waals surface area contributed by atoms with Crippen LogP contribution in [0.1, 0.15) is 25.0 Å². The fourth-order valence-electron chi connectivity index (χ4n) is 11.7. The van der Waals surface area contributed by atoms with Crippen molar-refractivity contribution < 1.29 is 4.42 Å². The highest BCUT2D eigenvalue weighted by Gasteiger charge is 2.38. The van der Waals surface area contributed by atoms with Crippen LogP contribution >= 0.6 is 0 Å². The lowest BCUT2D eigenvalue weighted by molar-refractivity contribution is 0.666. The van der Waals surface area contributed by atoms with Gasteiger partial charge in [-0.05, 0) is 157 Å². The minimum absolute atomic E-state index is 0.135. The van der Waals surface area contributed by atoms with E-state index < -0.39 is 0 Å². The molecule has 13 aromatic rings. The van der Waals surface area contributed by atoms with Crippen molar-refractivity contribution in [2.24, 2.45) is 0 Å². The average molecular weight is 839 g/mol. The second kappa shape index (κ2) is 13.9. The largest absolute Gasteiger partial charge is 0.456 e. The van der Waals surface area contributed by atoms with Crippen LogP contribution in [-0.4, -0.2) is 0 Å². The van der Waals surface area contributed by atoms with Gasteiger partial charge in [0, 0.05) is 16.2 Å². The van der Waals surface area contributed by atoms with Crippen molar-refractivity contribution in [1.29, 1.82) is 0 Å². The predicted octanol–water partition coefficient (Wildman–Crippen LogP) is 18.3. The summed E-state index contributed by atoms with van der Waals surface area (Å²) in [7, 11) is 0. The second-order valence-electron chi connectivity index (χ2n) is 18.7. The molecule has 1 heteroatoms.